The molecular formula is C26H33ClN6O2. The third kappa shape index (κ3) is 4.63. The van der Waals surface area contributed by atoms with Crippen molar-refractivity contribution < 1.29 is 9.90 Å². The molecule has 3 aromatic rings. The molecule has 2 aliphatic heterocycles. The van der Waals surface area contributed by atoms with Gasteiger partial charge >= 0.3 is 0 Å². The fourth-order valence-electron chi connectivity index (χ4n) is 5.25. The Hall–Kier alpha value is -3.00. The van der Waals surface area contributed by atoms with Crippen molar-refractivity contribution in [2.75, 3.05) is 42.5 Å². The highest BCUT2D eigenvalue weighted by atomic mass is 35.5. The van der Waals surface area contributed by atoms with E-state index in [1.165, 1.54) is 5.56 Å². The lowest BCUT2D eigenvalue weighted by Gasteiger charge is -2.35. The molecule has 0 saturated carbocycles. The number of benzene rings is 1. The van der Waals surface area contributed by atoms with Crippen LogP contribution < -0.4 is 9.80 Å². The van der Waals surface area contributed by atoms with Gasteiger partial charge in [0.1, 0.15) is 11.3 Å². The van der Waals surface area contributed by atoms with Crippen LogP contribution in [-0.2, 0) is 11.2 Å². The minimum atomic E-state index is 0.0930. The Kier molecular flexibility index (Phi) is 6.49. The molecule has 5 rings (SSSR count). The fourth-order valence-corrected chi connectivity index (χ4v) is 5.38. The van der Waals surface area contributed by atoms with Crippen LogP contribution in [0.2, 0.25) is 5.02 Å². The Morgan fingerprint density at radius 2 is 1.83 bits per heavy atom. The van der Waals surface area contributed by atoms with Gasteiger partial charge in [0.2, 0.25) is 17.7 Å². The number of hydrogen-bond donors (Lipinski definition) is 1. The predicted molar refractivity (Wildman–Crippen MR) is 140 cm³/mol. The van der Waals surface area contributed by atoms with E-state index in [1.807, 2.05) is 41.6 Å². The maximum absolute atomic E-state index is 11.8. The van der Waals surface area contributed by atoms with Gasteiger partial charge in [0.05, 0.1) is 5.39 Å². The van der Waals surface area contributed by atoms with Gasteiger partial charge in [-0.2, -0.15) is 4.98 Å². The van der Waals surface area contributed by atoms with Crippen molar-refractivity contribution in [3.63, 3.8) is 0 Å². The van der Waals surface area contributed by atoms with E-state index in [9.17, 15) is 9.90 Å². The van der Waals surface area contributed by atoms with E-state index in [4.69, 9.17) is 21.6 Å². The van der Waals surface area contributed by atoms with Crippen molar-refractivity contribution in [1.29, 1.82) is 0 Å². The van der Waals surface area contributed by atoms with E-state index in [0.717, 1.165) is 42.0 Å². The molecule has 0 bridgehead atoms. The average Bonchev–Trinajstić information content (AvgIpc) is 3.44. The van der Waals surface area contributed by atoms with Crippen LogP contribution in [0, 0.1) is 0 Å². The first-order valence-electron chi connectivity index (χ1n) is 12.4. The summed E-state index contributed by atoms with van der Waals surface area (Å²) in [5.74, 6) is 1.76. The second kappa shape index (κ2) is 9.57. The standard InChI is InChI=1S/C26H33ClN6O2/c1-17(2)33-16-22-23(25(33)35)28-26(31-13-11-30(12-14-31)18(3)34)29-24(22)32-10-4-5-21(32)15-19-6-8-20(27)9-7-19/h6-9,16-17,21,35H,4-5,10-15H2,1-3H3. The zero-order valence-corrected chi connectivity index (χ0v) is 21.4. The van der Waals surface area contributed by atoms with Crippen molar-refractivity contribution in [3.8, 4) is 5.88 Å². The molecule has 1 amide bonds. The highest BCUT2D eigenvalue weighted by Gasteiger charge is 2.31. The summed E-state index contributed by atoms with van der Waals surface area (Å²) in [7, 11) is 0. The van der Waals surface area contributed by atoms with Gasteiger partial charge < -0.3 is 24.4 Å². The number of nitrogens with zero attached hydrogens (tertiary/aromatic N) is 6. The molecule has 8 nitrogen and oxygen atoms in total. The molecule has 0 spiro atoms. The van der Waals surface area contributed by atoms with Crippen molar-refractivity contribution in [2.24, 2.45) is 0 Å². The number of amides is 1. The molecule has 1 N–H and O–H groups in total. The second-order valence-electron chi connectivity index (χ2n) is 9.88. The van der Waals surface area contributed by atoms with Crippen molar-refractivity contribution in [3.05, 3.63) is 41.0 Å². The van der Waals surface area contributed by atoms with Gasteiger partial charge in [0.25, 0.3) is 0 Å². The maximum Gasteiger partial charge on any atom is 0.228 e. The molecule has 2 fully saturated rings. The molecule has 2 saturated heterocycles. The van der Waals surface area contributed by atoms with Crippen molar-refractivity contribution >= 4 is 40.2 Å². The lowest BCUT2D eigenvalue weighted by molar-refractivity contribution is -0.129. The molecule has 4 heterocycles. The van der Waals surface area contributed by atoms with Crippen LogP contribution in [0.1, 0.15) is 45.2 Å². The Balaban J connectivity index is 1.53. The van der Waals surface area contributed by atoms with Crippen LogP contribution in [0.15, 0.2) is 30.5 Å². The summed E-state index contributed by atoms with van der Waals surface area (Å²) >= 11 is 6.10. The average molecular weight is 497 g/mol. The molecule has 0 aliphatic carbocycles. The molecule has 35 heavy (non-hydrogen) atoms. The Labute approximate surface area is 211 Å². The highest BCUT2D eigenvalue weighted by Crippen LogP contribution is 2.38. The lowest BCUT2D eigenvalue weighted by atomic mass is 10.0. The Morgan fingerprint density at radius 1 is 1.11 bits per heavy atom. The third-order valence-electron chi connectivity index (χ3n) is 7.24. The van der Waals surface area contributed by atoms with Crippen molar-refractivity contribution in [2.45, 2.75) is 52.1 Å². The van der Waals surface area contributed by atoms with Crippen LogP contribution in [0.25, 0.3) is 10.9 Å². The van der Waals surface area contributed by atoms with E-state index in [-0.39, 0.29) is 17.8 Å². The number of carbonyl (C=O) groups is 1. The van der Waals surface area contributed by atoms with Gasteiger partial charge in [-0.25, -0.2) is 4.98 Å². The zero-order valence-electron chi connectivity index (χ0n) is 20.6. The number of halogens is 1. The van der Waals surface area contributed by atoms with Crippen LogP contribution in [0.4, 0.5) is 11.8 Å². The SMILES string of the molecule is CC(=O)N1CCN(c2nc(N3CCCC3Cc3ccc(Cl)cc3)c3cn(C(C)C)c(O)c3n2)CC1. The molecule has 1 unspecified atom stereocenters. The lowest BCUT2D eigenvalue weighted by Crippen LogP contribution is -2.48. The quantitative estimate of drug-likeness (QED) is 0.569. The zero-order chi connectivity index (χ0) is 24.7. The van der Waals surface area contributed by atoms with E-state index in [0.29, 0.717) is 43.7 Å². The van der Waals surface area contributed by atoms with Gasteiger partial charge in [-0.3, -0.25) is 4.79 Å². The Morgan fingerprint density at radius 3 is 2.49 bits per heavy atom. The number of carbonyl (C=O) groups excluding carboxylic acids is 1. The van der Waals surface area contributed by atoms with Gasteiger partial charge in [-0.05, 0) is 50.8 Å². The van der Waals surface area contributed by atoms with E-state index >= 15 is 0 Å². The van der Waals surface area contributed by atoms with Gasteiger partial charge in [0, 0.05) is 63.0 Å². The minimum Gasteiger partial charge on any atom is -0.493 e. The molecule has 1 aromatic carbocycles. The summed E-state index contributed by atoms with van der Waals surface area (Å²) in [6, 6.07) is 8.48. The normalized spacial score (nSPS) is 18.8. The summed E-state index contributed by atoms with van der Waals surface area (Å²) in [4.78, 5) is 28.1. The first-order chi connectivity index (χ1) is 16.8. The molecule has 186 valence electrons. The number of aromatic nitrogens is 3. The summed E-state index contributed by atoms with van der Waals surface area (Å²) in [6.07, 6.45) is 5.07. The second-order valence-corrected chi connectivity index (χ2v) is 10.3. The number of hydrogen-bond acceptors (Lipinski definition) is 6. The Bertz CT molecular complexity index is 1220. The summed E-state index contributed by atoms with van der Waals surface area (Å²) < 4.78 is 1.87. The number of anilines is 2. The number of fused-ring (bicyclic) bond motifs is 1. The van der Waals surface area contributed by atoms with Crippen LogP contribution in [-0.4, -0.2) is 69.2 Å². The van der Waals surface area contributed by atoms with E-state index in [2.05, 4.69) is 21.9 Å². The highest BCUT2D eigenvalue weighted by molar-refractivity contribution is 6.30. The molecule has 0 radical (unpaired) electrons. The fraction of sp³-hybridized carbons (Fsp3) is 0.500. The molecule has 2 aromatic heterocycles. The smallest absolute Gasteiger partial charge is 0.228 e. The largest absolute Gasteiger partial charge is 0.493 e. The van der Waals surface area contributed by atoms with Crippen molar-refractivity contribution in [1.82, 2.24) is 19.4 Å². The van der Waals surface area contributed by atoms with Crippen LogP contribution in [0.3, 0.4) is 0 Å². The number of rotatable bonds is 5. The van der Waals surface area contributed by atoms with Gasteiger partial charge in [-0.15, -0.1) is 0 Å². The number of piperazine rings is 1. The summed E-state index contributed by atoms with van der Waals surface area (Å²) in [5, 5.41) is 12.7. The van der Waals surface area contributed by atoms with Gasteiger partial charge in [0.15, 0.2) is 0 Å². The topological polar surface area (TPSA) is 77.7 Å². The molecule has 9 heteroatoms. The first kappa shape index (κ1) is 23.7. The molecule has 2 aliphatic rings. The summed E-state index contributed by atoms with van der Waals surface area (Å²) in [5.41, 5.74) is 1.84. The minimum absolute atomic E-state index is 0.0930. The van der Waals surface area contributed by atoms with E-state index < -0.39 is 0 Å². The van der Waals surface area contributed by atoms with Gasteiger partial charge in [-0.1, -0.05) is 23.7 Å². The van der Waals surface area contributed by atoms with E-state index in [1.54, 1.807) is 6.92 Å². The maximum atomic E-state index is 11.8. The predicted octanol–water partition coefficient (Wildman–Crippen LogP) is 4.25. The van der Waals surface area contributed by atoms with Crippen LogP contribution in [0.5, 0.6) is 5.88 Å². The molecule has 1 atom stereocenters. The monoisotopic (exact) mass is 496 g/mol. The first-order valence-corrected chi connectivity index (χ1v) is 12.8. The third-order valence-corrected chi connectivity index (χ3v) is 7.49. The van der Waals surface area contributed by atoms with Crippen LogP contribution >= 0.6 is 11.6 Å². The molecular weight excluding hydrogens is 464 g/mol. The number of aromatic hydroxyl groups is 1. The summed E-state index contributed by atoms with van der Waals surface area (Å²) in [6.45, 7) is 9.25.